The van der Waals surface area contributed by atoms with Crippen LogP contribution in [0, 0.1) is 0 Å². The number of ether oxygens (including phenoxy) is 4. The first-order valence-electron chi connectivity index (χ1n) is 8.11. The first kappa shape index (κ1) is 22.7. The third-order valence-corrected chi connectivity index (χ3v) is 4.14. The summed E-state index contributed by atoms with van der Waals surface area (Å²) in [5.74, 6) is 0.0801. The minimum Gasteiger partial charge on any atom is -0.378 e. The van der Waals surface area contributed by atoms with Crippen molar-refractivity contribution < 1.29 is 27.4 Å². The molecule has 0 atom stereocenters. The Balaban J connectivity index is 3.08. The third kappa shape index (κ3) is 17.9. The maximum Gasteiger partial charge on any atom is 0.211 e. The average molecular weight is 356 g/mol. The SMILES string of the molecule is CCNCCOCCOCCOCCOCCNS(=O)(=O)CC. The van der Waals surface area contributed by atoms with Gasteiger partial charge in [-0.1, -0.05) is 6.92 Å². The third-order valence-electron chi connectivity index (χ3n) is 2.74. The first-order chi connectivity index (χ1) is 11.1. The summed E-state index contributed by atoms with van der Waals surface area (Å²) in [5.41, 5.74) is 0. The first-order valence-corrected chi connectivity index (χ1v) is 9.76. The number of sulfonamides is 1. The van der Waals surface area contributed by atoms with Crippen LogP contribution >= 0.6 is 0 Å². The van der Waals surface area contributed by atoms with Gasteiger partial charge < -0.3 is 24.3 Å². The van der Waals surface area contributed by atoms with Crippen LogP contribution in [0.2, 0.25) is 0 Å². The summed E-state index contributed by atoms with van der Waals surface area (Å²) in [6.07, 6.45) is 0. The molecule has 0 saturated carbocycles. The smallest absolute Gasteiger partial charge is 0.211 e. The molecule has 0 aromatic carbocycles. The number of hydrogen-bond acceptors (Lipinski definition) is 7. The molecule has 0 spiro atoms. The Morgan fingerprint density at radius 2 is 1.13 bits per heavy atom. The molecule has 0 amide bonds. The summed E-state index contributed by atoms with van der Waals surface area (Å²) in [6.45, 7) is 9.84. The summed E-state index contributed by atoms with van der Waals surface area (Å²) in [7, 11) is -3.13. The zero-order valence-corrected chi connectivity index (χ0v) is 15.2. The zero-order chi connectivity index (χ0) is 17.2. The van der Waals surface area contributed by atoms with E-state index >= 15 is 0 Å². The lowest BCUT2D eigenvalue weighted by molar-refractivity contribution is -0.000783. The Bertz CT molecular complexity index is 340. The highest BCUT2D eigenvalue weighted by atomic mass is 32.2. The molecular formula is C14H32N2O6S. The van der Waals surface area contributed by atoms with E-state index in [4.69, 9.17) is 18.9 Å². The van der Waals surface area contributed by atoms with Gasteiger partial charge in [-0.15, -0.1) is 0 Å². The Morgan fingerprint density at radius 1 is 0.696 bits per heavy atom. The van der Waals surface area contributed by atoms with Gasteiger partial charge in [-0.25, -0.2) is 13.1 Å². The van der Waals surface area contributed by atoms with Gasteiger partial charge in [0.1, 0.15) is 0 Å². The molecule has 9 heteroatoms. The second kappa shape index (κ2) is 16.6. The molecule has 0 rings (SSSR count). The molecule has 23 heavy (non-hydrogen) atoms. The predicted molar refractivity (Wildman–Crippen MR) is 89.3 cm³/mol. The normalized spacial score (nSPS) is 11.9. The highest BCUT2D eigenvalue weighted by Gasteiger charge is 2.04. The monoisotopic (exact) mass is 356 g/mol. The Hall–Kier alpha value is -0.290. The van der Waals surface area contributed by atoms with Crippen LogP contribution in [0.3, 0.4) is 0 Å². The summed E-state index contributed by atoms with van der Waals surface area (Å²) < 4.78 is 46.0. The molecule has 8 nitrogen and oxygen atoms in total. The van der Waals surface area contributed by atoms with E-state index in [9.17, 15) is 8.42 Å². The van der Waals surface area contributed by atoms with Crippen molar-refractivity contribution in [2.45, 2.75) is 13.8 Å². The van der Waals surface area contributed by atoms with Crippen molar-refractivity contribution in [3.8, 4) is 0 Å². The van der Waals surface area contributed by atoms with Gasteiger partial charge >= 0.3 is 0 Å². The van der Waals surface area contributed by atoms with Gasteiger partial charge in [0.05, 0.1) is 58.6 Å². The Kier molecular flexibility index (Phi) is 16.4. The minimum atomic E-state index is -3.13. The van der Waals surface area contributed by atoms with Crippen LogP contribution in [0.5, 0.6) is 0 Å². The highest BCUT2D eigenvalue weighted by Crippen LogP contribution is 1.84. The van der Waals surface area contributed by atoms with Crippen LogP contribution in [-0.2, 0) is 29.0 Å². The van der Waals surface area contributed by atoms with Gasteiger partial charge in [0, 0.05) is 13.1 Å². The van der Waals surface area contributed by atoms with Crippen LogP contribution in [-0.4, -0.2) is 86.7 Å². The second-order valence-electron chi connectivity index (χ2n) is 4.60. The molecule has 140 valence electrons. The van der Waals surface area contributed by atoms with Crippen molar-refractivity contribution >= 4 is 10.0 Å². The summed E-state index contributed by atoms with van der Waals surface area (Å²) in [5, 5.41) is 3.17. The number of nitrogens with one attached hydrogen (secondary N) is 2. The average Bonchev–Trinajstić information content (AvgIpc) is 2.54. The fraction of sp³-hybridized carbons (Fsp3) is 1.00. The number of hydrogen-bond donors (Lipinski definition) is 2. The molecule has 0 fully saturated rings. The van der Waals surface area contributed by atoms with Gasteiger partial charge in [-0.2, -0.15) is 0 Å². The standard InChI is InChI=1S/C14H32N2O6S/c1-3-15-5-7-19-9-11-21-13-14-22-12-10-20-8-6-16-23(17,18)4-2/h15-16H,3-14H2,1-2H3. The van der Waals surface area contributed by atoms with E-state index < -0.39 is 10.0 Å². The van der Waals surface area contributed by atoms with Crippen molar-refractivity contribution in [2.75, 3.05) is 78.2 Å². The van der Waals surface area contributed by atoms with E-state index in [1.54, 1.807) is 6.92 Å². The quantitative estimate of drug-likeness (QED) is 0.323. The maximum atomic E-state index is 11.1. The van der Waals surface area contributed by atoms with Crippen LogP contribution in [0.1, 0.15) is 13.8 Å². The van der Waals surface area contributed by atoms with Gasteiger partial charge in [0.25, 0.3) is 0 Å². The fourth-order valence-corrected chi connectivity index (χ4v) is 2.05. The maximum absolute atomic E-state index is 11.1. The van der Waals surface area contributed by atoms with E-state index in [-0.39, 0.29) is 12.3 Å². The van der Waals surface area contributed by atoms with Gasteiger partial charge in [0.2, 0.25) is 10.0 Å². The van der Waals surface area contributed by atoms with Crippen LogP contribution < -0.4 is 10.0 Å². The van der Waals surface area contributed by atoms with E-state index in [0.717, 1.165) is 13.1 Å². The molecule has 2 N–H and O–H groups in total. The van der Waals surface area contributed by atoms with Crippen LogP contribution in [0.15, 0.2) is 0 Å². The van der Waals surface area contributed by atoms with Gasteiger partial charge in [0.15, 0.2) is 0 Å². The van der Waals surface area contributed by atoms with Crippen molar-refractivity contribution in [1.82, 2.24) is 10.0 Å². The molecule has 0 saturated heterocycles. The molecule has 0 aromatic rings. The largest absolute Gasteiger partial charge is 0.378 e. The minimum absolute atomic E-state index is 0.0801. The summed E-state index contributed by atoms with van der Waals surface area (Å²) >= 11 is 0. The van der Waals surface area contributed by atoms with E-state index in [0.29, 0.717) is 52.9 Å². The molecule has 0 aliphatic rings. The van der Waals surface area contributed by atoms with Crippen molar-refractivity contribution in [3.63, 3.8) is 0 Å². The highest BCUT2D eigenvalue weighted by molar-refractivity contribution is 7.89. The second-order valence-corrected chi connectivity index (χ2v) is 6.70. The van der Waals surface area contributed by atoms with E-state index in [1.165, 1.54) is 0 Å². The molecular weight excluding hydrogens is 324 g/mol. The number of likely N-dealkylation sites (N-methyl/N-ethyl adjacent to an activating group) is 1. The topological polar surface area (TPSA) is 95.1 Å². The van der Waals surface area contributed by atoms with Gasteiger partial charge in [-0.3, -0.25) is 0 Å². The molecule has 0 aliphatic heterocycles. The molecule has 0 bridgehead atoms. The molecule has 0 aromatic heterocycles. The molecule has 0 heterocycles. The van der Waals surface area contributed by atoms with Crippen LogP contribution in [0.4, 0.5) is 0 Å². The van der Waals surface area contributed by atoms with E-state index in [2.05, 4.69) is 17.0 Å². The lowest BCUT2D eigenvalue weighted by atomic mass is 10.6. The van der Waals surface area contributed by atoms with Crippen LogP contribution in [0.25, 0.3) is 0 Å². The lowest BCUT2D eigenvalue weighted by Gasteiger charge is -2.08. The van der Waals surface area contributed by atoms with Crippen molar-refractivity contribution in [2.24, 2.45) is 0 Å². The molecule has 0 unspecified atom stereocenters. The Labute approximate surface area is 140 Å². The van der Waals surface area contributed by atoms with Crippen molar-refractivity contribution in [1.29, 1.82) is 0 Å². The zero-order valence-electron chi connectivity index (χ0n) is 14.3. The lowest BCUT2D eigenvalue weighted by Crippen LogP contribution is -2.29. The molecule has 0 aliphatic carbocycles. The Morgan fingerprint density at radius 3 is 1.57 bits per heavy atom. The van der Waals surface area contributed by atoms with Gasteiger partial charge in [-0.05, 0) is 13.5 Å². The number of rotatable bonds is 18. The fourth-order valence-electron chi connectivity index (χ4n) is 1.45. The summed E-state index contributed by atoms with van der Waals surface area (Å²) in [4.78, 5) is 0. The van der Waals surface area contributed by atoms with E-state index in [1.807, 2.05) is 0 Å². The molecule has 0 radical (unpaired) electrons. The van der Waals surface area contributed by atoms with Crippen molar-refractivity contribution in [3.05, 3.63) is 0 Å². The predicted octanol–water partition coefficient (Wildman–Crippen LogP) is -0.398. The summed E-state index contributed by atoms with van der Waals surface area (Å²) in [6, 6.07) is 0.